The third-order valence-electron chi connectivity index (χ3n) is 2.57. The number of aliphatic hydroxyl groups is 1. The van der Waals surface area contributed by atoms with Crippen molar-refractivity contribution in [3.8, 4) is 11.5 Å². The van der Waals surface area contributed by atoms with Crippen LogP contribution in [0.15, 0.2) is 41.1 Å². The van der Waals surface area contributed by atoms with Crippen molar-refractivity contribution in [1.29, 1.82) is 0 Å². The Bertz CT molecular complexity index is 646. The number of hydrogen-bond acceptors (Lipinski definition) is 5. The minimum Gasteiger partial charge on any atom is -0.448 e. The number of nitro benzene ring substituents is 1. The fraction of sp³-hybridized carbons (Fsp3) is 0.154. The van der Waals surface area contributed by atoms with E-state index in [0.29, 0.717) is 15.8 Å². The summed E-state index contributed by atoms with van der Waals surface area (Å²) < 4.78 is 6.18. The molecule has 2 rings (SSSR count). The summed E-state index contributed by atoms with van der Waals surface area (Å²) in [6.07, 6.45) is 2.25. The second-order valence-corrected chi connectivity index (χ2v) is 5.02. The van der Waals surface area contributed by atoms with Gasteiger partial charge in [-0.25, -0.2) is 0 Å². The van der Waals surface area contributed by atoms with Gasteiger partial charge >= 0.3 is 5.69 Å². The van der Waals surface area contributed by atoms with E-state index in [-0.39, 0.29) is 11.4 Å². The molecular formula is C13H11BrN2O4. The average molecular weight is 339 g/mol. The van der Waals surface area contributed by atoms with Gasteiger partial charge < -0.3 is 9.84 Å². The molecule has 0 amide bonds. The first-order chi connectivity index (χ1) is 9.47. The summed E-state index contributed by atoms with van der Waals surface area (Å²) in [6.45, 7) is 1.54. The summed E-state index contributed by atoms with van der Waals surface area (Å²) in [7, 11) is 0. The number of pyridine rings is 1. The van der Waals surface area contributed by atoms with Gasteiger partial charge in [0.25, 0.3) is 0 Å². The summed E-state index contributed by atoms with van der Waals surface area (Å²) in [5.74, 6) is 0.478. The van der Waals surface area contributed by atoms with Crippen molar-refractivity contribution in [1.82, 2.24) is 4.98 Å². The van der Waals surface area contributed by atoms with Crippen LogP contribution in [0.4, 0.5) is 5.69 Å². The summed E-state index contributed by atoms with van der Waals surface area (Å²) >= 11 is 3.24. The van der Waals surface area contributed by atoms with Gasteiger partial charge in [-0.1, -0.05) is 6.07 Å². The van der Waals surface area contributed by atoms with Crippen LogP contribution in [0.3, 0.4) is 0 Å². The van der Waals surface area contributed by atoms with Gasteiger partial charge in [-0.05, 0) is 40.5 Å². The minimum absolute atomic E-state index is 0.0966. The van der Waals surface area contributed by atoms with E-state index in [4.69, 9.17) is 4.74 Å². The van der Waals surface area contributed by atoms with Gasteiger partial charge in [0, 0.05) is 16.7 Å². The number of rotatable bonds is 4. The van der Waals surface area contributed by atoms with Crippen LogP contribution >= 0.6 is 15.9 Å². The number of aromatic nitrogens is 1. The van der Waals surface area contributed by atoms with E-state index < -0.39 is 11.0 Å². The van der Waals surface area contributed by atoms with Crippen molar-refractivity contribution < 1.29 is 14.8 Å². The molecular weight excluding hydrogens is 328 g/mol. The van der Waals surface area contributed by atoms with Crippen molar-refractivity contribution in [2.75, 3.05) is 0 Å². The molecule has 0 fully saturated rings. The zero-order chi connectivity index (χ0) is 14.7. The van der Waals surface area contributed by atoms with Crippen LogP contribution in [0.25, 0.3) is 0 Å². The molecule has 104 valence electrons. The molecule has 1 aromatic carbocycles. The largest absolute Gasteiger partial charge is 0.448 e. The summed E-state index contributed by atoms with van der Waals surface area (Å²) in [5.41, 5.74) is 0.250. The fourth-order valence-electron chi connectivity index (χ4n) is 1.60. The average Bonchev–Trinajstić information content (AvgIpc) is 2.38. The van der Waals surface area contributed by atoms with Gasteiger partial charge in [0.05, 0.1) is 17.2 Å². The van der Waals surface area contributed by atoms with Crippen LogP contribution in [-0.4, -0.2) is 15.0 Å². The van der Waals surface area contributed by atoms with E-state index in [1.165, 1.54) is 25.3 Å². The number of nitro groups is 1. The number of nitrogens with zero attached hydrogens (tertiary/aromatic N) is 2. The fourth-order valence-corrected chi connectivity index (χ4v) is 1.94. The molecule has 0 aliphatic rings. The Morgan fingerprint density at radius 1 is 1.40 bits per heavy atom. The van der Waals surface area contributed by atoms with Crippen LogP contribution in [-0.2, 0) is 0 Å². The molecule has 7 heteroatoms. The van der Waals surface area contributed by atoms with Crippen molar-refractivity contribution in [3.05, 3.63) is 56.8 Å². The second kappa shape index (κ2) is 5.98. The standard InChI is InChI=1S/C13H11BrN2O4/c1-8(17)9-2-3-13(12(4-9)16(18)19)20-11-5-10(14)6-15-7-11/h2-8,17H,1H3/t8-/m1/s1. The summed E-state index contributed by atoms with van der Waals surface area (Å²) in [6, 6.07) is 5.99. The predicted octanol–water partition coefficient (Wildman–Crippen LogP) is 3.60. The maximum atomic E-state index is 11.1. The smallest absolute Gasteiger partial charge is 0.311 e. The quantitative estimate of drug-likeness (QED) is 0.679. The molecule has 0 radical (unpaired) electrons. The predicted molar refractivity (Wildman–Crippen MR) is 75.7 cm³/mol. The van der Waals surface area contributed by atoms with Crippen molar-refractivity contribution in [3.63, 3.8) is 0 Å². The van der Waals surface area contributed by atoms with Gasteiger partial charge in [-0.2, -0.15) is 0 Å². The lowest BCUT2D eigenvalue weighted by molar-refractivity contribution is -0.385. The van der Waals surface area contributed by atoms with E-state index in [2.05, 4.69) is 20.9 Å². The van der Waals surface area contributed by atoms with Gasteiger partial charge in [-0.3, -0.25) is 15.1 Å². The third kappa shape index (κ3) is 3.31. The molecule has 1 N–H and O–H groups in total. The summed E-state index contributed by atoms with van der Waals surface area (Å²) in [5, 5.41) is 20.5. The first-order valence-electron chi connectivity index (χ1n) is 5.72. The highest BCUT2D eigenvalue weighted by molar-refractivity contribution is 9.10. The molecule has 6 nitrogen and oxygen atoms in total. The molecule has 0 bridgehead atoms. The van der Waals surface area contributed by atoms with Crippen molar-refractivity contribution >= 4 is 21.6 Å². The Labute approximate surface area is 123 Å². The molecule has 0 saturated heterocycles. The Kier molecular flexibility index (Phi) is 4.31. The maximum absolute atomic E-state index is 11.1. The first kappa shape index (κ1) is 14.4. The number of aliphatic hydroxyl groups excluding tert-OH is 1. The lowest BCUT2D eigenvalue weighted by Crippen LogP contribution is -1.97. The Balaban J connectivity index is 2.38. The molecule has 1 heterocycles. The lowest BCUT2D eigenvalue weighted by Gasteiger charge is -2.09. The van der Waals surface area contributed by atoms with Crippen molar-refractivity contribution in [2.45, 2.75) is 13.0 Å². The molecule has 0 spiro atoms. The van der Waals surface area contributed by atoms with Crippen molar-refractivity contribution in [2.24, 2.45) is 0 Å². The molecule has 1 atom stereocenters. The zero-order valence-electron chi connectivity index (χ0n) is 10.5. The Morgan fingerprint density at radius 2 is 2.15 bits per heavy atom. The van der Waals surface area contributed by atoms with Crippen LogP contribution in [0.1, 0.15) is 18.6 Å². The lowest BCUT2D eigenvalue weighted by atomic mass is 10.1. The second-order valence-electron chi connectivity index (χ2n) is 4.10. The molecule has 0 unspecified atom stereocenters. The number of ether oxygens (including phenoxy) is 1. The van der Waals surface area contributed by atoms with Gasteiger partial charge in [0.15, 0.2) is 0 Å². The number of benzene rings is 1. The number of hydrogen-bond donors (Lipinski definition) is 1. The molecule has 2 aromatic rings. The van der Waals surface area contributed by atoms with Crippen LogP contribution in [0.2, 0.25) is 0 Å². The van der Waals surface area contributed by atoms with Gasteiger partial charge in [0.2, 0.25) is 5.75 Å². The van der Waals surface area contributed by atoms with Crippen LogP contribution in [0.5, 0.6) is 11.5 Å². The zero-order valence-corrected chi connectivity index (χ0v) is 12.1. The van der Waals surface area contributed by atoms with Crippen LogP contribution < -0.4 is 4.74 Å². The van der Waals surface area contributed by atoms with Gasteiger partial charge in [-0.15, -0.1) is 0 Å². The van der Waals surface area contributed by atoms with Gasteiger partial charge in [0.1, 0.15) is 5.75 Å². The molecule has 0 aliphatic carbocycles. The molecule has 1 aromatic heterocycles. The normalized spacial score (nSPS) is 11.9. The molecule has 20 heavy (non-hydrogen) atoms. The topological polar surface area (TPSA) is 85.5 Å². The highest BCUT2D eigenvalue weighted by atomic mass is 79.9. The summed E-state index contributed by atoms with van der Waals surface area (Å²) in [4.78, 5) is 14.4. The Hall–Kier alpha value is -1.99. The monoisotopic (exact) mass is 338 g/mol. The SMILES string of the molecule is C[C@@H](O)c1ccc(Oc2cncc(Br)c2)c([N+](=O)[O-])c1. The maximum Gasteiger partial charge on any atom is 0.311 e. The highest BCUT2D eigenvalue weighted by Gasteiger charge is 2.18. The Morgan fingerprint density at radius 3 is 2.75 bits per heavy atom. The number of halogens is 1. The third-order valence-corrected chi connectivity index (χ3v) is 3.00. The van der Waals surface area contributed by atoms with E-state index >= 15 is 0 Å². The minimum atomic E-state index is -0.782. The molecule has 0 aliphatic heterocycles. The highest BCUT2D eigenvalue weighted by Crippen LogP contribution is 2.33. The van der Waals surface area contributed by atoms with Crippen LogP contribution in [0, 0.1) is 10.1 Å². The first-order valence-corrected chi connectivity index (χ1v) is 6.51. The van der Waals surface area contributed by atoms with E-state index in [9.17, 15) is 15.2 Å². The van der Waals surface area contributed by atoms with E-state index in [0.717, 1.165) is 0 Å². The van der Waals surface area contributed by atoms with E-state index in [1.54, 1.807) is 18.3 Å². The van der Waals surface area contributed by atoms with E-state index in [1.807, 2.05) is 0 Å². The molecule has 0 saturated carbocycles.